The Hall–Kier alpha value is -0.590. The van der Waals surface area contributed by atoms with E-state index in [2.05, 4.69) is 9.88 Å². The molecule has 0 saturated heterocycles. The van der Waals surface area contributed by atoms with E-state index in [0.717, 1.165) is 0 Å². The zero-order chi connectivity index (χ0) is 12.3. The van der Waals surface area contributed by atoms with Crippen molar-refractivity contribution in [1.82, 2.24) is 9.88 Å². The first-order valence-electron chi connectivity index (χ1n) is 4.93. The van der Waals surface area contributed by atoms with E-state index in [1.807, 2.05) is 6.92 Å². The fourth-order valence-electron chi connectivity index (χ4n) is 1.36. The molecule has 0 saturated carbocycles. The molecule has 0 fully saturated rings. The highest BCUT2D eigenvalue weighted by atomic mass is 35.5. The van der Waals surface area contributed by atoms with Crippen molar-refractivity contribution in [2.45, 2.75) is 38.1 Å². The molecule has 1 atom stereocenters. The van der Waals surface area contributed by atoms with Gasteiger partial charge in [0.2, 0.25) is 10.0 Å². The molecule has 16 heavy (non-hydrogen) atoms. The third-order valence-electron chi connectivity index (χ3n) is 2.24. The van der Waals surface area contributed by atoms with Crippen molar-refractivity contribution in [3.05, 3.63) is 11.5 Å². The second-order valence-corrected chi connectivity index (χ2v) is 5.49. The summed E-state index contributed by atoms with van der Waals surface area (Å²) in [4.78, 5) is 0.107. The summed E-state index contributed by atoms with van der Waals surface area (Å²) in [5, 5.41) is 3.61. The van der Waals surface area contributed by atoms with Crippen molar-refractivity contribution in [1.29, 1.82) is 0 Å². The van der Waals surface area contributed by atoms with E-state index >= 15 is 0 Å². The maximum Gasteiger partial charge on any atom is 0.246 e. The highest BCUT2D eigenvalue weighted by Gasteiger charge is 2.26. The third kappa shape index (κ3) is 2.75. The topological polar surface area (TPSA) is 72.2 Å². The van der Waals surface area contributed by atoms with Gasteiger partial charge in [-0.25, -0.2) is 13.1 Å². The molecule has 1 aromatic heterocycles. The maximum absolute atomic E-state index is 12.0. The molecule has 0 radical (unpaired) electrons. The van der Waals surface area contributed by atoms with E-state index in [0.29, 0.717) is 12.1 Å². The molecule has 0 aliphatic heterocycles. The predicted molar refractivity (Wildman–Crippen MR) is 61.1 cm³/mol. The fourth-order valence-corrected chi connectivity index (χ4v) is 3.40. The van der Waals surface area contributed by atoms with Gasteiger partial charge in [-0.1, -0.05) is 12.1 Å². The van der Waals surface area contributed by atoms with E-state index in [4.69, 9.17) is 16.1 Å². The number of alkyl halides is 1. The Kier molecular flexibility index (Phi) is 4.35. The Balaban J connectivity index is 3.03. The average molecular weight is 267 g/mol. The SMILES string of the molecule is CCC(CCl)NS(=O)(=O)c1c(C)noc1C. The lowest BCUT2D eigenvalue weighted by Gasteiger charge is -2.13. The Morgan fingerprint density at radius 1 is 1.50 bits per heavy atom. The zero-order valence-electron chi connectivity index (χ0n) is 9.45. The van der Waals surface area contributed by atoms with Crippen LogP contribution in [0.3, 0.4) is 0 Å². The van der Waals surface area contributed by atoms with Crippen LogP contribution in [0.1, 0.15) is 24.8 Å². The summed E-state index contributed by atoms with van der Waals surface area (Å²) in [5.41, 5.74) is 0.356. The molecule has 1 aromatic rings. The molecule has 1 N–H and O–H groups in total. The number of nitrogens with one attached hydrogen (secondary N) is 1. The molecule has 7 heteroatoms. The molecule has 0 aliphatic carbocycles. The first-order chi connectivity index (χ1) is 7.42. The molecule has 1 rings (SSSR count). The number of aromatic nitrogens is 1. The largest absolute Gasteiger partial charge is 0.360 e. The van der Waals surface area contributed by atoms with E-state index in [9.17, 15) is 8.42 Å². The fraction of sp³-hybridized carbons (Fsp3) is 0.667. The number of hydrogen-bond acceptors (Lipinski definition) is 4. The summed E-state index contributed by atoms with van der Waals surface area (Å²) in [6.07, 6.45) is 0.631. The van der Waals surface area contributed by atoms with Crippen molar-refractivity contribution in [2.24, 2.45) is 0 Å². The molecule has 0 bridgehead atoms. The number of nitrogens with zero attached hydrogens (tertiary/aromatic N) is 1. The van der Waals surface area contributed by atoms with Crippen LogP contribution in [0.4, 0.5) is 0 Å². The molecule has 92 valence electrons. The van der Waals surface area contributed by atoms with E-state index in [1.165, 1.54) is 0 Å². The van der Waals surface area contributed by atoms with Gasteiger partial charge in [0.25, 0.3) is 0 Å². The van der Waals surface area contributed by atoms with Crippen LogP contribution in [0.2, 0.25) is 0 Å². The lowest BCUT2D eigenvalue weighted by Crippen LogP contribution is -2.36. The van der Waals surface area contributed by atoms with Gasteiger partial charge < -0.3 is 4.52 Å². The van der Waals surface area contributed by atoms with Crippen molar-refractivity contribution in [2.75, 3.05) is 5.88 Å². The quantitative estimate of drug-likeness (QED) is 0.822. The van der Waals surface area contributed by atoms with E-state index < -0.39 is 10.0 Å². The normalized spacial score (nSPS) is 14.0. The number of hydrogen-bond donors (Lipinski definition) is 1. The highest BCUT2D eigenvalue weighted by Crippen LogP contribution is 2.19. The Morgan fingerprint density at radius 3 is 2.50 bits per heavy atom. The van der Waals surface area contributed by atoms with Gasteiger partial charge in [-0.2, -0.15) is 0 Å². The first-order valence-corrected chi connectivity index (χ1v) is 6.95. The lowest BCUT2D eigenvalue weighted by molar-refractivity contribution is 0.390. The third-order valence-corrected chi connectivity index (χ3v) is 4.37. The van der Waals surface area contributed by atoms with Crippen molar-refractivity contribution in [3.63, 3.8) is 0 Å². The minimum atomic E-state index is -3.59. The standard InChI is InChI=1S/C9H15ClN2O3S/c1-4-8(5-10)12-16(13,14)9-6(2)11-15-7(9)3/h8,12H,4-5H2,1-3H3. The van der Waals surface area contributed by atoms with Crippen LogP contribution in [0.25, 0.3) is 0 Å². The minimum absolute atomic E-state index is 0.107. The molecule has 1 heterocycles. The second kappa shape index (κ2) is 5.16. The van der Waals surface area contributed by atoms with Gasteiger partial charge in [0.1, 0.15) is 10.6 Å². The van der Waals surface area contributed by atoms with Crippen LogP contribution in [-0.2, 0) is 10.0 Å². The maximum atomic E-state index is 12.0. The second-order valence-electron chi connectivity index (χ2n) is 3.53. The van der Waals surface area contributed by atoms with Crippen molar-refractivity contribution in [3.8, 4) is 0 Å². The van der Waals surface area contributed by atoms with Crippen LogP contribution in [0.15, 0.2) is 9.42 Å². The molecule has 0 amide bonds. The predicted octanol–water partition coefficient (Wildman–Crippen LogP) is 1.59. The highest BCUT2D eigenvalue weighted by molar-refractivity contribution is 7.89. The number of rotatable bonds is 5. The summed E-state index contributed by atoms with van der Waals surface area (Å²) in [7, 11) is -3.59. The molecular weight excluding hydrogens is 252 g/mol. The molecule has 5 nitrogen and oxygen atoms in total. The zero-order valence-corrected chi connectivity index (χ0v) is 11.0. The Bertz CT molecular complexity index is 432. The summed E-state index contributed by atoms with van der Waals surface area (Å²) in [6, 6.07) is -0.277. The van der Waals surface area contributed by atoms with E-state index in [-0.39, 0.29) is 22.6 Å². The van der Waals surface area contributed by atoms with Crippen LogP contribution >= 0.6 is 11.6 Å². The molecule has 0 aliphatic rings. The van der Waals surface area contributed by atoms with Crippen LogP contribution in [-0.4, -0.2) is 25.5 Å². The van der Waals surface area contributed by atoms with Gasteiger partial charge in [0.05, 0.1) is 0 Å². The van der Waals surface area contributed by atoms with Crippen LogP contribution < -0.4 is 4.72 Å². The number of sulfonamides is 1. The minimum Gasteiger partial charge on any atom is -0.360 e. The molecular formula is C9H15ClN2O3S. The smallest absolute Gasteiger partial charge is 0.246 e. The molecule has 0 aromatic carbocycles. The van der Waals surface area contributed by atoms with E-state index in [1.54, 1.807) is 13.8 Å². The van der Waals surface area contributed by atoms with Gasteiger partial charge in [-0.05, 0) is 20.3 Å². The first kappa shape index (κ1) is 13.5. The Labute approximate surface area is 100 Å². The van der Waals surface area contributed by atoms with Crippen molar-refractivity contribution < 1.29 is 12.9 Å². The van der Waals surface area contributed by atoms with Gasteiger partial charge in [0.15, 0.2) is 5.76 Å². The Morgan fingerprint density at radius 2 is 2.12 bits per heavy atom. The van der Waals surface area contributed by atoms with Gasteiger partial charge in [-0.3, -0.25) is 0 Å². The van der Waals surface area contributed by atoms with Gasteiger partial charge in [-0.15, -0.1) is 11.6 Å². The monoisotopic (exact) mass is 266 g/mol. The van der Waals surface area contributed by atoms with Crippen LogP contribution in [0, 0.1) is 13.8 Å². The average Bonchev–Trinajstić information content (AvgIpc) is 2.55. The molecule has 1 unspecified atom stereocenters. The summed E-state index contributed by atoms with van der Waals surface area (Å²) >= 11 is 5.65. The van der Waals surface area contributed by atoms with Gasteiger partial charge in [0, 0.05) is 11.9 Å². The van der Waals surface area contributed by atoms with Crippen LogP contribution in [0.5, 0.6) is 0 Å². The number of aryl methyl sites for hydroxylation is 2. The van der Waals surface area contributed by atoms with Crippen molar-refractivity contribution >= 4 is 21.6 Å². The number of halogens is 1. The molecule has 0 spiro atoms. The summed E-state index contributed by atoms with van der Waals surface area (Å²) in [5.74, 6) is 0.522. The summed E-state index contributed by atoms with van der Waals surface area (Å²) in [6.45, 7) is 5.02. The summed E-state index contributed by atoms with van der Waals surface area (Å²) < 4.78 is 31.3. The van der Waals surface area contributed by atoms with Gasteiger partial charge >= 0.3 is 0 Å². The lowest BCUT2D eigenvalue weighted by atomic mass is 10.3.